The van der Waals surface area contributed by atoms with Crippen molar-refractivity contribution in [1.82, 2.24) is 0 Å². The molecule has 0 fully saturated rings. The second-order valence-electron chi connectivity index (χ2n) is 7.58. The van der Waals surface area contributed by atoms with Gasteiger partial charge in [0.2, 0.25) is 5.91 Å². The van der Waals surface area contributed by atoms with Crippen LogP contribution in [0.2, 0.25) is 0 Å². The molecule has 0 atom stereocenters. The number of anilines is 1. The lowest BCUT2D eigenvalue weighted by Crippen LogP contribution is -2.23. The molecule has 0 heterocycles. The Hall–Kier alpha value is -3.79. The third kappa shape index (κ3) is 3.60. The molecule has 148 valence electrons. The Morgan fingerprint density at radius 2 is 1.43 bits per heavy atom. The molecule has 0 spiro atoms. The Balaban J connectivity index is 1.58. The number of amides is 1. The predicted molar refractivity (Wildman–Crippen MR) is 118 cm³/mol. The van der Waals surface area contributed by atoms with Gasteiger partial charge in [-0.1, -0.05) is 74.5 Å². The number of rotatable bonds is 4. The fourth-order valence-electron chi connectivity index (χ4n) is 3.59. The first-order chi connectivity index (χ1) is 14.5. The number of hydrogen-bond donors (Lipinski definition) is 1. The molecule has 3 aromatic rings. The second-order valence-corrected chi connectivity index (χ2v) is 7.58. The lowest BCUT2D eigenvalue weighted by atomic mass is 9.83. The molecule has 4 heteroatoms. The zero-order valence-electron chi connectivity index (χ0n) is 16.8. The zero-order chi connectivity index (χ0) is 21.3. The largest absolute Gasteiger partial charge is 0.322 e. The van der Waals surface area contributed by atoms with E-state index in [1.807, 2.05) is 24.3 Å². The van der Waals surface area contributed by atoms with E-state index < -0.39 is 0 Å². The van der Waals surface area contributed by atoms with Gasteiger partial charge in [-0.05, 0) is 29.2 Å². The number of carbonyl (C=O) groups excluding carboxylic acids is 3. The number of hydrogen-bond acceptors (Lipinski definition) is 3. The van der Waals surface area contributed by atoms with E-state index in [-0.39, 0.29) is 23.0 Å². The van der Waals surface area contributed by atoms with E-state index in [0.29, 0.717) is 28.3 Å². The molecule has 0 aliphatic heterocycles. The highest BCUT2D eigenvalue weighted by Crippen LogP contribution is 2.31. The molecule has 0 bridgehead atoms. The smallest absolute Gasteiger partial charge is 0.248 e. The minimum Gasteiger partial charge on any atom is -0.322 e. The van der Waals surface area contributed by atoms with Gasteiger partial charge in [0.15, 0.2) is 11.6 Å². The predicted octanol–water partition coefficient (Wildman–Crippen LogP) is 5.24. The van der Waals surface area contributed by atoms with Crippen molar-refractivity contribution in [3.8, 4) is 0 Å². The quantitative estimate of drug-likeness (QED) is 0.481. The van der Waals surface area contributed by atoms with Crippen LogP contribution in [0.15, 0.2) is 72.8 Å². The van der Waals surface area contributed by atoms with Crippen molar-refractivity contribution in [1.29, 1.82) is 0 Å². The molecule has 4 rings (SSSR count). The van der Waals surface area contributed by atoms with E-state index in [1.165, 1.54) is 11.6 Å². The average Bonchev–Trinajstić information content (AvgIpc) is 2.76. The van der Waals surface area contributed by atoms with Crippen LogP contribution in [-0.4, -0.2) is 17.5 Å². The summed E-state index contributed by atoms with van der Waals surface area (Å²) >= 11 is 0. The number of fused-ring (bicyclic) bond motifs is 2. The van der Waals surface area contributed by atoms with Crippen molar-refractivity contribution in [3.63, 3.8) is 0 Å². The molecule has 0 unspecified atom stereocenters. The average molecular weight is 395 g/mol. The number of ketones is 2. The van der Waals surface area contributed by atoms with Gasteiger partial charge in [0, 0.05) is 22.8 Å². The highest BCUT2D eigenvalue weighted by atomic mass is 16.2. The summed E-state index contributed by atoms with van der Waals surface area (Å²) in [6.07, 6.45) is 3.14. The first-order valence-corrected chi connectivity index (χ1v) is 9.86. The van der Waals surface area contributed by atoms with Gasteiger partial charge in [-0.25, -0.2) is 0 Å². The molecule has 0 radical (unpaired) electrons. The topological polar surface area (TPSA) is 63.2 Å². The highest BCUT2D eigenvalue weighted by molar-refractivity contribution is 6.30. The molecular formula is C26H21NO3. The van der Waals surface area contributed by atoms with E-state index in [4.69, 9.17) is 0 Å². The van der Waals surface area contributed by atoms with Crippen LogP contribution in [0.1, 0.15) is 62.7 Å². The summed E-state index contributed by atoms with van der Waals surface area (Å²) in [6, 6.07) is 19.7. The van der Waals surface area contributed by atoms with Crippen molar-refractivity contribution >= 4 is 29.2 Å². The lowest BCUT2D eigenvalue weighted by Gasteiger charge is -2.20. The molecule has 4 nitrogen and oxygen atoms in total. The van der Waals surface area contributed by atoms with Crippen molar-refractivity contribution in [2.24, 2.45) is 0 Å². The first kappa shape index (κ1) is 19.5. The Bertz CT molecular complexity index is 1190. The summed E-state index contributed by atoms with van der Waals surface area (Å²) in [6.45, 7) is 4.26. The Kier molecular flexibility index (Phi) is 5.15. The summed E-state index contributed by atoms with van der Waals surface area (Å²) in [7, 11) is 0. The van der Waals surface area contributed by atoms with Crippen LogP contribution < -0.4 is 5.32 Å². The van der Waals surface area contributed by atoms with Gasteiger partial charge in [-0.15, -0.1) is 0 Å². The maximum absolute atomic E-state index is 13.0. The van der Waals surface area contributed by atoms with Gasteiger partial charge < -0.3 is 5.32 Å². The molecule has 0 aromatic heterocycles. The molecule has 1 amide bonds. The van der Waals surface area contributed by atoms with Crippen LogP contribution in [0, 0.1) is 0 Å². The Labute approximate surface area is 175 Å². The van der Waals surface area contributed by atoms with E-state index in [2.05, 4.69) is 19.2 Å². The SMILES string of the molecule is CC(C)c1ccc(C=CC(=O)Nc2cccc3c2C(=O)c2ccccc2C3=O)cc1. The van der Waals surface area contributed by atoms with Crippen LogP contribution in [0.3, 0.4) is 0 Å². The number of nitrogens with one attached hydrogen (secondary N) is 1. The lowest BCUT2D eigenvalue weighted by molar-refractivity contribution is -0.111. The monoisotopic (exact) mass is 395 g/mol. The van der Waals surface area contributed by atoms with Gasteiger partial charge in [0.1, 0.15) is 0 Å². The van der Waals surface area contributed by atoms with E-state index in [0.717, 1.165) is 5.56 Å². The standard InChI is InChI=1S/C26H21NO3/c1-16(2)18-13-10-17(11-14-18)12-15-23(28)27-22-9-5-8-21-24(22)26(30)20-7-4-3-6-19(20)25(21)29/h3-16H,1-2H3,(H,27,28). The molecule has 1 aliphatic rings. The van der Waals surface area contributed by atoms with Gasteiger partial charge in [-0.2, -0.15) is 0 Å². The molecule has 0 saturated carbocycles. The zero-order valence-corrected chi connectivity index (χ0v) is 16.8. The van der Waals surface area contributed by atoms with E-state index in [9.17, 15) is 14.4 Å². The normalized spacial score (nSPS) is 12.8. The van der Waals surface area contributed by atoms with Gasteiger partial charge in [0.25, 0.3) is 0 Å². The van der Waals surface area contributed by atoms with E-state index in [1.54, 1.807) is 48.5 Å². The molecule has 30 heavy (non-hydrogen) atoms. The summed E-state index contributed by atoms with van der Waals surface area (Å²) in [5, 5.41) is 2.75. The fraction of sp³-hybridized carbons (Fsp3) is 0.115. The van der Waals surface area contributed by atoms with Crippen molar-refractivity contribution in [3.05, 3.63) is 106 Å². The van der Waals surface area contributed by atoms with Crippen LogP contribution in [0.4, 0.5) is 5.69 Å². The van der Waals surface area contributed by atoms with Crippen LogP contribution in [0.25, 0.3) is 6.08 Å². The van der Waals surface area contributed by atoms with Crippen LogP contribution in [-0.2, 0) is 4.79 Å². The highest BCUT2D eigenvalue weighted by Gasteiger charge is 2.31. The van der Waals surface area contributed by atoms with Crippen molar-refractivity contribution in [2.45, 2.75) is 19.8 Å². The third-order valence-corrected chi connectivity index (χ3v) is 5.24. The molecule has 1 aliphatic carbocycles. The minimum absolute atomic E-state index is 0.211. The molecular weight excluding hydrogens is 374 g/mol. The third-order valence-electron chi connectivity index (χ3n) is 5.24. The number of carbonyl (C=O) groups is 3. The molecule has 0 saturated heterocycles. The van der Waals surface area contributed by atoms with E-state index >= 15 is 0 Å². The first-order valence-electron chi connectivity index (χ1n) is 9.86. The molecule has 1 N–H and O–H groups in total. The summed E-state index contributed by atoms with van der Waals surface area (Å²) in [5.41, 5.74) is 3.78. The maximum atomic E-state index is 13.0. The fourth-order valence-corrected chi connectivity index (χ4v) is 3.59. The van der Waals surface area contributed by atoms with Crippen LogP contribution in [0.5, 0.6) is 0 Å². The van der Waals surface area contributed by atoms with Crippen molar-refractivity contribution < 1.29 is 14.4 Å². The van der Waals surface area contributed by atoms with Gasteiger partial charge >= 0.3 is 0 Å². The maximum Gasteiger partial charge on any atom is 0.248 e. The van der Waals surface area contributed by atoms with Gasteiger partial charge in [0.05, 0.1) is 11.3 Å². The summed E-state index contributed by atoms with van der Waals surface area (Å²) < 4.78 is 0. The minimum atomic E-state index is -0.365. The van der Waals surface area contributed by atoms with Crippen molar-refractivity contribution in [2.75, 3.05) is 5.32 Å². The summed E-state index contributed by atoms with van der Waals surface area (Å²) in [5.74, 6) is -0.391. The number of benzene rings is 3. The molecule has 3 aromatic carbocycles. The van der Waals surface area contributed by atoms with Crippen LogP contribution >= 0.6 is 0 Å². The Morgan fingerprint density at radius 1 is 0.800 bits per heavy atom. The second kappa shape index (κ2) is 7.91. The Morgan fingerprint density at radius 3 is 2.10 bits per heavy atom. The summed E-state index contributed by atoms with van der Waals surface area (Å²) in [4.78, 5) is 38.3. The van der Waals surface area contributed by atoms with Gasteiger partial charge in [-0.3, -0.25) is 14.4 Å².